The zero-order valence-corrected chi connectivity index (χ0v) is 11.1. The van der Waals surface area contributed by atoms with Crippen molar-refractivity contribution in [1.82, 2.24) is 0 Å². The van der Waals surface area contributed by atoms with Gasteiger partial charge in [-0.2, -0.15) is 0 Å². The molecule has 0 bridgehead atoms. The first kappa shape index (κ1) is 11.6. The SMILES string of the molecule is CC(=Cc1ccc(I)cc1)[C@@H]1C[C@H]1C(=O)O. The summed E-state index contributed by atoms with van der Waals surface area (Å²) in [7, 11) is 0. The first-order valence-corrected chi connectivity index (χ1v) is 6.32. The lowest BCUT2D eigenvalue weighted by Crippen LogP contribution is -1.99. The number of benzene rings is 1. The molecular weight excluding hydrogens is 315 g/mol. The van der Waals surface area contributed by atoms with Gasteiger partial charge in [0, 0.05) is 3.57 Å². The second kappa shape index (κ2) is 4.57. The van der Waals surface area contributed by atoms with Crippen molar-refractivity contribution in [2.24, 2.45) is 11.8 Å². The molecule has 1 aliphatic carbocycles. The van der Waals surface area contributed by atoms with Crippen molar-refractivity contribution >= 4 is 34.6 Å². The molecule has 1 aromatic rings. The third kappa shape index (κ3) is 2.64. The van der Waals surface area contributed by atoms with Crippen LogP contribution in [0.5, 0.6) is 0 Å². The summed E-state index contributed by atoms with van der Waals surface area (Å²) in [6.45, 7) is 2.02. The van der Waals surface area contributed by atoms with Crippen LogP contribution in [0.2, 0.25) is 0 Å². The van der Waals surface area contributed by atoms with Gasteiger partial charge in [-0.3, -0.25) is 4.79 Å². The molecule has 2 nitrogen and oxygen atoms in total. The molecule has 0 aromatic heterocycles. The van der Waals surface area contributed by atoms with Gasteiger partial charge in [-0.15, -0.1) is 0 Å². The van der Waals surface area contributed by atoms with Gasteiger partial charge < -0.3 is 5.11 Å². The van der Waals surface area contributed by atoms with E-state index in [-0.39, 0.29) is 11.8 Å². The van der Waals surface area contributed by atoms with E-state index in [1.165, 1.54) is 9.14 Å². The Kier molecular flexibility index (Phi) is 3.33. The lowest BCUT2D eigenvalue weighted by molar-refractivity contribution is -0.138. The first-order valence-electron chi connectivity index (χ1n) is 5.24. The first-order chi connectivity index (χ1) is 7.58. The average molecular weight is 328 g/mol. The molecule has 1 aromatic carbocycles. The lowest BCUT2D eigenvalue weighted by Gasteiger charge is -1.99. The van der Waals surface area contributed by atoms with E-state index < -0.39 is 5.97 Å². The van der Waals surface area contributed by atoms with Gasteiger partial charge in [0.15, 0.2) is 0 Å². The number of carbonyl (C=O) groups is 1. The minimum atomic E-state index is -0.666. The highest BCUT2D eigenvalue weighted by Crippen LogP contribution is 2.44. The lowest BCUT2D eigenvalue weighted by atomic mass is 10.1. The molecular formula is C13H13IO2. The minimum Gasteiger partial charge on any atom is -0.481 e. The van der Waals surface area contributed by atoms with Gasteiger partial charge in [0.25, 0.3) is 0 Å². The van der Waals surface area contributed by atoms with Crippen LogP contribution in [0, 0.1) is 15.4 Å². The van der Waals surface area contributed by atoms with E-state index in [2.05, 4.69) is 52.9 Å². The molecule has 0 spiro atoms. The second-order valence-electron chi connectivity index (χ2n) is 4.23. The maximum absolute atomic E-state index is 10.7. The van der Waals surface area contributed by atoms with Gasteiger partial charge in [0.2, 0.25) is 0 Å². The highest BCUT2D eigenvalue weighted by Gasteiger charge is 2.43. The Bertz CT molecular complexity index is 434. The van der Waals surface area contributed by atoms with E-state index in [4.69, 9.17) is 5.11 Å². The summed E-state index contributed by atoms with van der Waals surface area (Å²) in [5, 5.41) is 8.85. The molecule has 1 fully saturated rings. The summed E-state index contributed by atoms with van der Waals surface area (Å²) in [6.07, 6.45) is 2.88. The van der Waals surface area contributed by atoms with Gasteiger partial charge in [-0.1, -0.05) is 23.8 Å². The number of carboxylic acid groups (broad SMARTS) is 1. The van der Waals surface area contributed by atoms with E-state index in [1.54, 1.807) is 0 Å². The van der Waals surface area contributed by atoms with Crippen molar-refractivity contribution in [1.29, 1.82) is 0 Å². The summed E-state index contributed by atoms with van der Waals surface area (Å²) in [4.78, 5) is 10.7. The normalized spacial score (nSPS) is 24.2. The number of aliphatic carboxylic acids is 1. The topological polar surface area (TPSA) is 37.3 Å². The Labute approximate surface area is 109 Å². The molecule has 1 aliphatic rings. The van der Waals surface area contributed by atoms with E-state index in [1.807, 2.05) is 6.92 Å². The molecule has 0 amide bonds. The molecule has 2 rings (SSSR count). The quantitative estimate of drug-likeness (QED) is 0.864. The number of hydrogen-bond acceptors (Lipinski definition) is 1. The summed E-state index contributed by atoms with van der Waals surface area (Å²) >= 11 is 2.27. The Morgan fingerprint density at radius 2 is 2.00 bits per heavy atom. The van der Waals surface area contributed by atoms with Crippen molar-refractivity contribution in [3.05, 3.63) is 39.0 Å². The largest absolute Gasteiger partial charge is 0.481 e. The average Bonchev–Trinajstić information content (AvgIpc) is 3.01. The zero-order valence-electron chi connectivity index (χ0n) is 8.98. The Morgan fingerprint density at radius 1 is 1.38 bits per heavy atom. The van der Waals surface area contributed by atoms with E-state index in [9.17, 15) is 4.79 Å². The van der Waals surface area contributed by atoms with Crippen molar-refractivity contribution in [3.8, 4) is 0 Å². The number of halogens is 1. The van der Waals surface area contributed by atoms with Crippen LogP contribution in [0.3, 0.4) is 0 Å². The van der Waals surface area contributed by atoms with E-state index >= 15 is 0 Å². The van der Waals surface area contributed by atoms with Crippen LogP contribution in [0.15, 0.2) is 29.8 Å². The smallest absolute Gasteiger partial charge is 0.307 e. The van der Waals surface area contributed by atoms with E-state index in [0.717, 1.165) is 12.0 Å². The highest BCUT2D eigenvalue weighted by atomic mass is 127. The van der Waals surface area contributed by atoms with Crippen LogP contribution in [-0.2, 0) is 4.79 Å². The third-order valence-corrected chi connectivity index (χ3v) is 3.68. The van der Waals surface area contributed by atoms with Crippen LogP contribution in [0.4, 0.5) is 0 Å². The van der Waals surface area contributed by atoms with Gasteiger partial charge in [0.05, 0.1) is 5.92 Å². The molecule has 84 valence electrons. The molecule has 0 saturated heterocycles. The van der Waals surface area contributed by atoms with Crippen molar-refractivity contribution in [2.75, 3.05) is 0 Å². The Morgan fingerprint density at radius 3 is 2.50 bits per heavy atom. The predicted molar refractivity (Wildman–Crippen MR) is 72.0 cm³/mol. The molecule has 16 heavy (non-hydrogen) atoms. The van der Waals surface area contributed by atoms with Crippen molar-refractivity contribution < 1.29 is 9.90 Å². The number of carboxylic acids is 1. The fourth-order valence-electron chi connectivity index (χ4n) is 1.90. The molecule has 3 heteroatoms. The van der Waals surface area contributed by atoms with Gasteiger partial charge in [-0.05, 0) is 59.5 Å². The van der Waals surface area contributed by atoms with Gasteiger partial charge in [0.1, 0.15) is 0 Å². The second-order valence-corrected chi connectivity index (χ2v) is 5.47. The minimum absolute atomic E-state index is 0.153. The molecule has 2 atom stereocenters. The van der Waals surface area contributed by atoms with Crippen molar-refractivity contribution in [2.45, 2.75) is 13.3 Å². The zero-order chi connectivity index (χ0) is 11.7. The summed E-state index contributed by atoms with van der Waals surface area (Å²) in [6, 6.07) is 8.23. The monoisotopic (exact) mass is 328 g/mol. The number of hydrogen-bond donors (Lipinski definition) is 1. The highest BCUT2D eigenvalue weighted by molar-refractivity contribution is 14.1. The molecule has 0 radical (unpaired) electrons. The van der Waals surface area contributed by atoms with Gasteiger partial charge in [-0.25, -0.2) is 0 Å². The summed E-state index contributed by atoms with van der Waals surface area (Å²) in [5.74, 6) is -0.572. The van der Waals surface area contributed by atoms with Crippen LogP contribution in [-0.4, -0.2) is 11.1 Å². The number of rotatable bonds is 3. The fourth-order valence-corrected chi connectivity index (χ4v) is 2.26. The summed E-state index contributed by atoms with van der Waals surface area (Å²) in [5.41, 5.74) is 2.32. The third-order valence-electron chi connectivity index (χ3n) is 2.96. The van der Waals surface area contributed by atoms with E-state index in [0.29, 0.717) is 0 Å². The van der Waals surface area contributed by atoms with Crippen molar-refractivity contribution in [3.63, 3.8) is 0 Å². The summed E-state index contributed by atoms with van der Waals surface area (Å²) < 4.78 is 1.21. The Hall–Kier alpha value is -0.840. The molecule has 1 N–H and O–H groups in total. The van der Waals surface area contributed by atoms with Crippen LogP contribution >= 0.6 is 22.6 Å². The maximum atomic E-state index is 10.7. The Balaban J connectivity index is 2.08. The standard InChI is InChI=1S/C13H13IO2/c1-8(11-7-12(11)13(15)16)6-9-2-4-10(14)5-3-9/h2-6,11-12H,7H2,1H3,(H,15,16)/t11-,12+/m0/s1. The predicted octanol–water partition coefficient (Wildman–Crippen LogP) is 3.42. The van der Waals surface area contributed by atoms with Crippen LogP contribution in [0.1, 0.15) is 18.9 Å². The van der Waals surface area contributed by atoms with Crippen LogP contribution in [0.25, 0.3) is 6.08 Å². The molecule has 0 aliphatic heterocycles. The molecule has 0 heterocycles. The van der Waals surface area contributed by atoms with Crippen LogP contribution < -0.4 is 0 Å². The fraction of sp³-hybridized carbons (Fsp3) is 0.308. The maximum Gasteiger partial charge on any atom is 0.307 e. The molecule has 0 unspecified atom stereocenters. The number of allylic oxidation sites excluding steroid dienone is 1. The molecule has 1 saturated carbocycles. The van der Waals surface area contributed by atoms with Gasteiger partial charge >= 0.3 is 5.97 Å².